The third kappa shape index (κ3) is 4.03. The smallest absolute Gasteiger partial charge is 0.245 e. The summed E-state index contributed by atoms with van der Waals surface area (Å²) in [4.78, 5) is -0.253. The van der Waals surface area contributed by atoms with Gasteiger partial charge in [0.25, 0.3) is 0 Å². The van der Waals surface area contributed by atoms with Crippen LogP contribution in [0, 0.1) is 11.7 Å². The molecule has 1 unspecified atom stereocenters. The molecule has 1 aromatic carbocycles. The zero-order valence-electron chi connectivity index (χ0n) is 12.0. The molecule has 1 aliphatic heterocycles. The fourth-order valence-corrected chi connectivity index (χ4v) is 4.49. The first-order valence-corrected chi connectivity index (χ1v) is 9.34. The van der Waals surface area contributed by atoms with Gasteiger partial charge in [-0.1, -0.05) is 22.9 Å². The Labute approximate surface area is 133 Å². The van der Waals surface area contributed by atoms with Crippen LogP contribution in [0.5, 0.6) is 0 Å². The van der Waals surface area contributed by atoms with Crippen LogP contribution in [0.1, 0.15) is 19.8 Å². The van der Waals surface area contributed by atoms with Crippen molar-refractivity contribution in [2.75, 3.05) is 26.2 Å². The number of piperidine rings is 1. The van der Waals surface area contributed by atoms with Crippen molar-refractivity contribution in [2.45, 2.75) is 24.7 Å². The van der Waals surface area contributed by atoms with Gasteiger partial charge in [-0.25, -0.2) is 12.8 Å². The minimum absolute atomic E-state index is 0.253. The average Bonchev–Trinajstić information content (AvgIpc) is 2.45. The number of sulfonamides is 1. The number of hydrogen-bond acceptors (Lipinski definition) is 3. The lowest BCUT2D eigenvalue weighted by Gasteiger charge is -2.29. The van der Waals surface area contributed by atoms with E-state index >= 15 is 0 Å². The average molecular weight is 379 g/mol. The lowest BCUT2D eigenvalue weighted by atomic mass is 10.00. The SMILES string of the molecule is CCN(CC1CCCNC1)S(=O)(=O)c1ccc(Br)cc1F. The minimum Gasteiger partial charge on any atom is -0.316 e. The molecule has 0 bridgehead atoms. The van der Waals surface area contributed by atoms with Gasteiger partial charge in [0.15, 0.2) is 0 Å². The molecule has 1 aromatic rings. The summed E-state index contributed by atoms with van der Waals surface area (Å²) in [5.74, 6) is -0.434. The molecule has 7 heteroatoms. The van der Waals surface area contributed by atoms with Gasteiger partial charge in [0.1, 0.15) is 10.7 Å². The van der Waals surface area contributed by atoms with Gasteiger partial charge in [0, 0.05) is 17.6 Å². The molecule has 0 saturated carbocycles. The quantitative estimate of drug-likeness (QED) is 0.856. The largest absolute Gasteiger partial charge is 0.316 e. The topological polar surface area (TPSA) is 49.4 Å². The molecule has 0 radical (unpaired) electrons. The molecule has 21 heavy (non-hydrogen) atoms. The van der Waals surface area contributed by atoms with Crippen LogP contribution in [0.25, 0.3) is 0 Å². The Morgan fingerprint density at radius 2 is 2.24 bits per heavy atom. The number of benzene rings is 1. The Kier molecular flexibility index (Phi) is 5.76. The highest BCUT2D eigenvalue weighted by Crippen LogP contribution is 2.24. The fraction of sp³-hybridized carbons (Fsp3) is 0.571. The highest BCUT2D eigenvalue weighted by Gasteiger charge is 2.29. The maximum atomic E-state index is 14.0. The summed E-state index contributed by atoms with van der Waals surface area (Å²) in [6.45, 7) is 4.35. The van der Waals surface area contributed by atoms with E-state index in [0.29, 0.717) is 17.6 Å². The predicted octanol–water partition coefficient (Wildman–Crippen LogP) is 2.60. The van der Waals surface area contributed by atoms with E-state index < -0.39 is 15.8 Å². The van der Waals surface area contributed by atoms with E-state index in [2.05, 4.69) is 21.2 Å². The first-order chi connectivity index (χ1) is 9.95. The highest BCUT2D eigenvalue weighted by atomic mass is 79.9. The van der Waals surface area contributed by atoms with Crippen LogP contribution in [-0.4, -0.2) is 38.9 Å². The van der Waals surface area contributed by atoms with E-state index in [0.717, 1.165) is 25.9 Å². The van der Waals surface area contributed by atoms with Gasteiger partial charge in [-0.05, 0) is 50.0 Å². The van der Waals surface area contributed by atoms with Crippen molar-refractivity contribution in [2.24, 2.45) is 5.92 Å². The van der Waals surface area contributed by atoms with E-state index in [1.807, 2.05) is 0 Å². The minimum atomic E-state index is -3.79. The summed E-state index contributed by atoms with van der Waals surface area (Å²) in [7, 11) is -3.79. The third-order valence-electron chi connectivity index (χ3n) is 3.73. The highest BCUT2D eigenvalue weighted by molar-refractivity contribution is 9.10. The van der Waals surface area contributed by atoms with Crippen molar-refractivity contribution in [3.8, 4) is 0 Å². The zero-order chi connectivity index (χ0) is 15.5. The maximum absolute atomic E-state index is 14.0. The molecule has 2 rings (SSSR count). The number of halogens is 2. The van der Waals surface area contributed by atoms with Crippen LogP contribution in [0.4, 0.5) is 4.39 Å². The van der Waals surface area contributed by atoms with Crippen LogP contribution in [0.2, 0.25) is 0 Å². The number of nitrogens with one attached hydrogen (secondary N) is 1. The molecule has 0 spiro atoms. The van der Waals surface area contributed by atoms with Gasteiger partial charge in [0.2, 0.25) is 10.0 Å². The molecule has 1 fully saturated rings. The number of hydrogen-bond donors (Lipinski definition) is 1. The molecular formula is C14H20BrFN2O2S. The Bertz CT molecular complexity index is 589. The Balaban J connectivity index is 2.22. The summed E-state index contributed by atoms with van der Waals surface area (Å²) in [5.41, 5.74) is 0. The molecular weight excluding hydrogens is 359 g/mol. The van der Waals surface area contributed by atoms with Crippen LogP contribution in [-0.2, 0) is 10.0 Å². The summed E-state index contributed by atoms with van der Waals surface area (Å²) in [6.07, 6.45) is 2.05. The van der Waals surface area contributed by atoms with Gasteiger partial charge >= 0.3 is 0 Å². The molecule has 1 saturated heterocycles. The normalized spacial score (nSPS) is 19.9. The molecule has 1 N–H and O–H groups in total. The van der Waals surface area contributed by atoms with Crippen LogP contribution < -0.4 is 5.32 Å². The molecule has 1 heterocycles. The van der Waals surface area contributed by atoms with Crippen LogP contribution >= 0.6 is 15.9 Å². The predicted molar refractivity (Wildman–Crippen MR) is 84.1 cm³/mol. The van der Waals surface area contributed by atoms with Gasteiger partial charge in [-0.3, -0.25) is 0 Å². The second-order valence-corrected chi connectivity index (χ2v) is 8.06. The molecule has 1 aliphatic rings. The standard InChI is InChI=1S/C14H20BrFN2O2S/c1-2-18(10-11-4-3-7-17-9-11)21(19,20)14-6-5-12(15)8-13(14)16/h5-6,8,11,17H,2-4,7,9-10H2,1H3. The van der Waals surface area contributed by atoms with Crippen molar-refractivity contribution in [3.05, 3.63) is 28.5 Å². The zero-order valence-corrected chi connectivity index (χ0v) is 14.4. The fourth-order valence-electron chi connectivity index (χ4n) is 2.59. The molecule has 1 atom stereocenters. The lowest BCUT2D eigenvalue weighted by molar-refractivity contribution is 0.297. The summed E-state index contributed by atoms with van der Waals surface area (Å²) >= 11 is 3.14. The van der Waals surface area contributed by atoms with Crippen molar-refractivity contribution >= 4 is 26.0 Å². The molecule has 0 aliphatic carbocycles. The van der Waals surface area contributed by atoms with E-state index in [1.54, 1.807) is 13.0 Å². The van der Waals surface area contributed by atoms with Gasteiger partial charge < -0.3 is 5.32 Å². The summed E-state index contributed by atoms with van der Waals surface area (Å²) in [5, 5.41) is 3.27. The molecule has 0 amide bonds. The second-order valence-electron chi connectivity index (χ2n) is 5.24. The second kappa shape index (κ2) is 7.17. The van der Waals surface area contributed by atoms with E-state index in [-0.39, 0.29) is 10.8 Å². The van der Waals surface area contributed by atoms with Crippen molar-refractivity contribution < 1.29 is 12.8 Å². The van der Waals surface area contributed by atoms with E-state index in [1.165, 1.54) is 16.4 Å². The number of rotatable bonds is 5. The van der Waals surface area contributed by atoms with Gasteiger partial charge in [0.05, 0.1) is 0 Å². The Morgan fingerprint density at radius 1 is 1.48 bits per heavy atom. The lowest BCUT2D eigenvalue weighted by Crippen LogP contribution is -2.41. The molecule has 4 nitrogen and oxygen atoms in total. The van der Waals surface area contributed by atoms with E-state index in [9.17, 15) is 12.8 Å². The van der Waals surface area contributed by atoms with Crippen molar-refractivity contribution in [1.82, 2.24) is 9.62 Å². The summed E-state index contributed by atoms with van der Waals surface area (Å²) < 4.78 is 41.1. The van der Waals surface area contributed by atoms with Gasteiger partial charge in [-0.15, -0.1) is 0 Å². The Hall–Kier alpha value is -0.500. The monoisotopic (exact) mass is 378 g/mol. The maximum Gasteiger partial charge on any atom is 0.245 e. The third-order valence-corrected chi connectivity index (χ3v) is 6.19. The van der Waals surface area contributed by atoms with Crippen LogP contribution in [0.15, 0.2) is 27.6 Å². The number of nitrogens with zero attached hydrogens (tertiary/aromatic N) is 1. The van der Waals surface area contributed by atoms with Gasteiger partial charge in [-0.2, -0.15) is 4.31 Å². The Morgan fingerprint density at radius 3 is 2.81 bits per heavy atom. The van der Waals surface area contributed by atoms with Crippen molar-refractivity contribution in [1.29, 1.82) is 0 Å². The van der Waals surface area contributed by atoms with E-state index in [4.69, 9.17) is 0 Å². The first-order valence-electron chi connectivity index (χ1n) is 7.11. The summed E-state index contributed by atoms with van der Waals surface area (Å²) in [6, 6.07) is 4.05. The molecule has 0 aromatic heterocycles. The molecule has 118 valence electrons. The van der Waals surface area contributed by atoms with Crippen molar-refractivity contribution in [3.63, 3.8) is 0 Å². The first kappa shape index (κ1) is 16.9. The van der Waals surface area contributed by atoms with Crippen LogP contribution in [0.3, 0.4) is 0 Å².